The number of nitrogens with one attached hydrogen (secondary N) is 1. The number of amides is 2. The predicted molar refractivity (Wildman–Crippen MR) is 95.5 cm³/mol. The second-order valence-electron chi connectivity index (χ2n) is 5.43. The first-order valence-corrected chi connectivity index (χ1v) is 7.86. The van der Waals surface area contributed by atoms with Crippen LogP contribution in [0.25, 0.3) is 0 Å². The molecule has 4 nitrogen and oxygen atoms in total. The Morgan fingerprint density at radius 1 is 0.875 bits per heavy atom. The minimum absolute atomic E-state index is 0.131. The van der Waals surface area contributed by atoms with Gasteiger partial charge in [-0.3, -0.25) is 9.88 Å². The van der Waals surface area contributed by atoms with Crippen LogP contribution >= 0.6 is 0 Å². The predicted octanol–water partition coefficient (Wildman–Crippen LogP) is 4.00. The summed E-state index contributed by atoms with van der Waals surface area (Å²) in [6.45, 7) is 0.967. The number of urea groups is 1. The zero-order valence-corrected chi connectivity index (χ0v) is 13.3. The van der Waals surface area contributed by atoms with Gasteiger partial charge in [-0.25, -0.2) is 4.79 Å². The lowest BCUT2D eigenvalue weighted by Gasteiger charge is -2.23. The molecule has 0 aliphatic carbocycles. The van der Waals surface area contributed by atoms with Crippen molar-refractivity contribution in [2.45, 2.75) is 13.1 Å². The van der Waals surface area contributed by atoms with Crippen LogP contribution in [0.3, 0.4) is 0 Å². The number of carbonyl (C=O) groups excluding carboxylic acids is 1. The fraction of sp³-hybridized carbons (Fsp3) is 0.100. The Hall–Kier alpha value is -3.14. The molecule has 0 fully saturated rings. The van der Waals surface area contributed by atoms with E-state index in [9.17, 15) is 4.79 Å². The van der Waals surface area contributed by atoms with Crippen LogP contribution in [-0.4, -0.2) is 11.0 Å². The van der Waals surface area contributed by atoms with E-state index in [4.69, 9.17) is 0 Å². The molecule has 0 unspecified atom stereocenters. The molecule has 0 atom stereocenters. The Morgan fingerprint density at radius 2 is 1.54 bits per heavy atom. The van der Waals surface area contributed by atoms with Crippen LogP contribution in [0.15, 0.2) is 85.2 Å². The van der Waals surface area contributed by atoms with E-state index in [0.717, 1.165) is 16.8 Å². The first kappa shape index (κ1) is 15.7. The average Bonchev–Trinajstić information content (AvgIpc) is 2.66. The Morgan fingerprint density at radius 3 is 2.21 bits per heavy atom. The smallest absolute Gasteiger partial charge is 0.322 e. The summed E-state index contributed by atoms with van der Waals surface area (Å²) in [6, 6.07) is 23.3. The summed E-state index contributed by atoms with van der Waals surface area (Å²) < 4.78 is 0. The van der Waals surface area contributed by atoms with Gasteiger partial charge in [0.05, 0.1) is 6.54 Å². The van der Waals surface area contributed by atoms with E-state index in [1.165, 1.54) is 0 Å². The second-order valence-corrected chi connectivity index (χ2v) is 5.43. The maximum absolute atomic E-state index is 12.7. The van der Waals surface area contributed by atoms with Gasteiger partial charge in [-0.2, -0.15) is 0 Å². The maximum Gasteiger partial charge on any atom is 0.322 e. The molecule has 3 rings (SSSR count). The molecule has 0 aliphatic rings. The first-order chi connectivity index (χ1) is 11.8. The third-order valence-electron chi connectivity index (χ3n) is 3.66. The summed E-state index contributed by atoms with van der Waals surface area (Å²) in [5.41, 5.74) is 2.92. The Kier molecular flexibility index (Phi) is 5.20. The highest BCUT2D eigenvalue weighted by Crippen LogP contribution is 2.17. The highest BCUT2D eigenvalue weighted by molar-refractivity contribution is 5.91. The largest absolute Gasteiger partial charge is 0.334 e. The summed E-state index contributed by atoms with van der Waals surface area (Å²) in [7, 11) is 0. The Balaban J connectivity index is 1.75. The number of pyridine rings is 1. The standard InChI is InChI=1S/C20H19N3O/c24-20(22-15-18-10-7-13-21-14-18)23(19-11-5-2-6-12-19)16-17-8-3-1-4-9-17/h1-14H,15-16H2,(H,22,24). The van der Waals surface area contributed by atoms with E-state index in [-0.39, 0.29) is 6.03 Å². The van der Waals surface area contributed by atoms with Crippen molar-refractivity contribution in [1.82, 2.24) is 10.3 Å². The summed E-state index contributed by atoms with van der Waals surface area (Å²) in [5, 5.41) is 2.96. The van der Waals surface area contributed by atoms with Crippen molar-refractivity contribution < 1.29 is 4.79 Å². The average molecular weight is 317 g/mol. The SMILES string of the molecule is O=C(NCc1cccnc1)N(Cc1ccccc1)c1ccccc1. The quantitative estimate of drug-likeness (QED) is 0.773. The Bertz CT molecular complexity index is 761. The summed E-state index contributed by atoms with van der Waals surface area (Å²) in [6.07, 6.45) is 3.47. The molecule has 3 aromatic rings. The highest BCUT2D eigenvalue weighted by Gasteiger charge is 2.15. The van der Waals surface area contributed by atoms with Crippen LogP contribution in [0.4, 0.5) is 10.5 Å². The molecule has 0 spiro atoms. The van der Waals surface area contributed by atoms with Gasteiger partial charge in [0.15, 0.2) is 0 Å². The summed E-state index contributed by atoms with van der Waals surface area (Å²) in [4.78, 5) is 18.5. The van der Waals surface area contributed by atoms with E-state index >= 15 is 0 Å². The van der Waals surface area contributed by atoms with E-state index in [2.05, 4.69) is 10.3 Å². The molecule has 0 saturated heterocycles. The van der Waals surface area contributed by atoms with Gasteiger partial charge >= 0.3 is 6.03 Å². The van der Waals surface area contributed by atoms with E-state index in [1.54, 1.807) is 17.3 Å². The molecule has 1 aromatic heterocycles. The molecule has 2 amide bonds. The molecule has 0 radical (unpaired) electrons. The maximum atomic E-state index is 12.7. The van der Waals surface area contributed by atoms with Crippen LogP contribution < -0.4 is 10.2 Å². The third kappa shape index (κ3) is 4.20. The fourth-order valence-electron chi connectivity index (χ4n) is 2.43. The topological polar surface area (TPSA) is 45.2 Å². The van der Waals surface area contributed by atoms with Crippen LogP contribution in [0.2, 0.25) is 0 Å². The summed E-state index contributed by atoms with van der Waals surface area (Å²) in [5.74, 6) is 0. The monoisotopic (exact) mass is 317 g/mol. The Labute approximate surface area is 141 Å². The molecule has 0 aliphatic heterocycles. The van der Waals surface area contributed by atoms with Crippen LogP contribution in [0, 0.1) is 0 Å². The van der Waals surface area contributed by atoms with Crippen molar-refractivity contribution >= 4 is 11.7 Å². The lowest BCUT2D eigenvalue weighted by molar-refractivity contribution is 0.245. The van der Waals surface area contributed by atoms with E-state index in [1.807, 2.05) is 72.8 Å². The van der Waals surface area contributed by atoms with Crippen molar-refractivity contribution in [3.8, 4) is 0 Å². The number of carbonyl (C=O) groups is 1. The van der Waals surface area contributed by atoms with Gasteiger partial charge in [0.2, 0.25) is 0 Å². The van der Waals surface area contributed by atoms with Crippen molar-refractivity contribution in [1.29, 1.82) is 0 Å². The molecule has 0 bridgehead atoms. The zero-order chi connectivity index (χ0) is 16.6. The van der Waals surface area contributed by atoms with E-state index < -0.39 is 0 Å². The van der Waals surface area contributed by atoms with Crippen molar-refractivity contribution in [2.75, 3.05) is 4.90 Å². The van der Waals surface area contributed by atoms with Crippen molar-refractivity contribution in [2.24, 2.45) is 0 Å². The van der Waals surface area contributed by atoms with Crippen LogP contribution in [-0.2, 0) is 13.1 Å². The molecule has 2 aromatic carbocycles. The number of hydrogen-bond donors (Lipinski definition) is 1. The minimum Gasteiger partial charge on any atom is -0.334 e. The number of rotatable bonds is 5. The first-order valence-electron chi connectivity index (χ1n) is 7.86. The number of nitrogens with zero attached hydrogens (tertiary/aromatic N) is 2. The molecule has 0 saturated carbocycles. The number of para-hydroxylation sites is 1. The number of aromatic nitrogens is 1. The normalized spacial score (nSPS) is 10.2. The second kappa shape index (κ2) is 7.92. The lowest BCUT2D eigenvalue weighted by atomic mass is 10.2. The van der Waals surface area contributed by atoms with Gasteiger partial charge in [0.1, 0.15) is 0 Å². The van der Waals surface area contributed by atoms with Gasteiger partial charge in [-0.15, -0.1) is 0 Å². The molecule has 24 heavy (non-hydrogen) atoms. The van der Waals surface area contributed by atoms with Crippen LogP contribution in [0.1, 0.15) is 11.1 Å². The third-order valence-corrected chi connectivity index (χ3v) is 3.66. The molecular weight excluding hydrogens is 298 g/mol. The lowest BCUT2D eigenvalue weighted by Crippen LogP contribution is -2.39. The molecule has 1 N–H and O–H groups in total. The fourth-order valence-corrected chi connectivity index (χ4v) is 2.43. The highest BCUT2D eigenvalue weighted by atomic mass is 16.2. The van der Waals surface area contributed by atoms with Crippen LogP contribution in [0.5, 0.6) is 0 Å². The van der Waals surface area contributed by atoms with Crippen molar-refractivity contribution in [3.05, 3.63) is 96.3 Å². The summed E-state index contributed by atoms with van der Waals surface area (Å²) >= 11 is 0. The number of benzene rings is 2. The number of anilines is 1. The van der Waals surface area contributed by atoms with Crippen molar-refractivity contribution in [3.63, 3.8) is 0 Å². The molecule has 120 valence electrons. The van der Waals surface area contributed by atoms with Gasteiger partial charge in [0, 0.05) is 24.6 Å². The molecule has 4 heteroatoms. The van der Waals surface area contributed by atoms with Gasteiger partial charge < -0.3 is 5.32 Å². The molecule has 1 heterocycles. The van der Waals surface area contributed by atoms with Gasteiger partial charge in [-0.05, 0) is 29.3 Å². The van der Waals surface area contributed by atoms with Gasteiger partial charge in [-0.1, -0.05) is 54.6 Å². The van der Waals surface area contributed by atoms with Gasteiger partial charge in [0.25, 0.3) is 0 Å². The zero-order valence-electron chi connectivity index (χ0n) is 13.3. The minimum atomic E-state index is -0.131. The number of hydrogen-bond acceptors (Lipinski definition) is 2. The van der Waals surface area contributed by atoms with E-state index in [0.29, 0.717) is 13.1 Å². The molecular formula is C20H19N3O.